The van der Waals surface area contributed by atoms with Gasteiger partial charge < -0.3 is 0 Å². The molecule has 0 N–H and O–H groups in total. The van der Waals surface area contributed by atoms with Gasteiger partial charge in [0.1, 0.15) is 0 Å². The number of aromatic nitrogens is 2. The number of carbonyl (C=O) groups is 1. The molecule has 5 nitrogen and oxygen atoms in total. The van der Waals surface area contributed by atoms with E-state index < -0.39 is 23.6 Å². The second-order valence-corrected chi connectivity index (χ2v) is 5.19. The topological polar surface area (TPSA) is 72.3 Å². The fourth-order valence-corrected chi connectivity index (χ4v) is 2.21. The van der Waals surface area contributed by atoms with Crippen LogP contribution in [0.25, 0.3) is 0 Å². The van der Waals surface area contributed by atoms with Crippen LogP contribution in [0.1, 0.15) is 27.7 Å². The number of carbonyl (C=O) groups excluding carboxylic acids is 1. The average Bonchev–Trinajstić information content (AvgIpc) is 2.55. The summed E-state index contributed by atoms with van der Waals surface area (Å²) in [4.78, 5) is 31.3. The number of halogens is 3. The Balaban J connectivity index is 2.39. The van der Waals surface area contributed by atoms with Crippen molar-refractivity contribution in [1.29, 1.82) is 0 Å². The van der Waals surface area contributed by atoms with Crippen molar-refractivity contribution in [2.45, 2.75) is 17.4 Å². The Hall–Kier alpha value is -2.29. The second-order valence-electron chi connectivity index (χ2n) is 4.42. The van der Waals surface area contributed by atoms with Crippen LogP contribution in [0, 0.1) is 4.91 Å². The zero-order valence-corrected chi connectivity index (χ0v) is 12.6. The average molecular weight is 341 g/mol. The monoisotopic (exact) mass is 341 g/mol. The van der Waals surface area contributed by atoms with Gasteiger partial charge in [0.2, 0.25) is 0 Å². The molecule has 1 aromatic heterocycles. The summed E-state index contributed by atoms with van der Waals surface area (Å²) in [5.74, 6) is -0.850. The molecule has 0 saturated carbocycles. The highest BCUT2D eigenvalue weighted by Crippen LogP contribution is 2.31. The lowest BCUT2D eigenvalue weighted by Gasteiger charge is -2.11. The minimum Gasteiger partial charge on any atom is -0.291 e. The number of hydrogen-bond donors (Lipinski definition) is 0. The van der Waals surface area contributed by atoms with E-state index in [1.165, 1.54) is 30.1 Å². The van der Waals surface area contributed by atoms with Gasteiger partial charge in [-0.3, -0.25) is 4.79 Å². The van der Waals surface area contributed by atoms with Gasteiger partial charge in [-0.1, -0.05) is 29.1 Å². The third kappa shape index (κ3) is 3.92. The van der Waals surface area contributed by atoms with Crippen LogP contribution in [0.5, 0.6) is 0 Å². The van der Waals surface area contributed by atoms with Crippen molar-refractivity contribution in [2.75, 3.05) is 6.26 Å². The van der Waals surface area contributed by atoms with Gasteiger partial charge in [-0.05, 0) is 24.5 Å². The first-order valence-electron chi connectivity index (χ1n) is 6.27. The predicted molar refractivity (Wildman–Crippen MR) is 78.1 cm³/mol. The van der Waals surface area contributed by atoms with E-state index in [1.54, 1.807) is 6.26 Å². The molecular formula is C14H10F3N3O2S. The Labute approximate surface area is 133 Å². The van der Waals surface area contributed by atoms with Crippen molar-refractivity contribution in [3.05, 3.63) is 58.3 Å². The molecule has 0 aliphatic carbocycles. The van der Waals surface area contributed by atoms with Crippen LogP contribution < -0.4 is 0 Å². The standard InChI is InChI=1S/C14H10F3N3O2S/c1-23-13-18-6-5-10(19-13)11(20-22)12(21)8-3-2-4-9(7-8)14(15,16)17/h2-7,11H,1H3. The van der Waals surface area contributed by atoms with Gasteiger partial charge in [-0.2, -0.15) is 13.2 Å². The minimum atomic E-state index is -4.58. The molecule has 1 aromatic carbocycles. The number of nitrogens with zero attached hydrogens (tertiary/aromatic N) is 3. The van der Waals surface area contributed by atoms with E-state index in [2.05, 4.69) is 15.1 Å². The summed E-state index contributed by atoms with van der Waals surface area (Å²) >= 11 is 1.20. The van der Waals surface area contributed by atoms with Crippen LogP contribution in [0.4, 0.5) is 13.2 Å². The molecule has 0 aliphatic heterocycles. The maximum atomic E-state index is 12.7. The first kappa shape index (κ1) is 17.1. The second kappa shape index (κ2) is 6.86. The van der Waals surface area contributed by atoms with Crippen molar-refractivity contribution in [3.63, 3.8) is 0 Å². The summed E-state index contributed by atoms with van der Waals surface area (Å²) in [6, 6.07) is 3.65. The Kier molecular flexibility index (Phi) is 5.09. The molecule has 0 fully saturated rings. The van der Waals surface area contributed by atoms with E-state index in [0.29, 0.717) is 11.2 Å². The highest BCUT2D eigenvalue weighted by Gasteiger charge is 2.32. The third-order valence-corrected chi connectivity index (χ3v) is 3.51. The van der Waals surface area contributed by atoms with E-state index in [0.717, 1.165) is 12.1 Å². The molecule has 0 amide bonds. The maximum absolute atomic E-state index is 12.7. The smallest absolute Gasteiger partial charge is 0.291 e. The number of benzene rings is 1. The zero-order chi connectivity index (χ0) is 17.0. The zero-order valence-electron chi connectivity index (χ0n) is 11.7. The predicted octanol–water partition coefficient (Wildman–Crippen LogP) is 3.91. The molecule has 120 valence electrons. The van der Waals surface area contributed by atoms with E-state index in [4.69, 9.17) is 0 Å². The number of rotatable bonds is 5. The van der Waals surface area contributed by atoms with Crippen molar-refractivity contribution in [1.82, 2.24) is 9.97 Å². The molecule has 2 aromatic rings. The van der Waals surface area contributed by atoms with Gasteiger partial charge >= 0.3 is 6.18 Å². The molecule has 23 heavy (non-hydrogen) atoms. The molecule has 1 unspecified atom stereocenters. The number of thioether (sulfide) groups is 1. The van der Waals surface area contributed by atoms with Crippen LogP contribution in [-0.4, -0.2) is 22.0 Å². The highest BCUT2D eigenvalue weighted by molar-refractivity contribution is 7.98. The number of Topliss-reactive ketones (excluding diaryl/α,β-unsaturated/α-hetero) is 1. The van der Waals surface area contributed by atoms with E-state index >= 15 is 0 Å². The SMILES string of the molecule is CSc1nccc(C(N=O)C(=O)c2cccc(C(F)(F)F)c2)n1. The van der Waals surface area contributed by atoms with Gasteiger partial charge in [0, 0.05) is 11.8 Å². The van der Waals surface area contributed by atoms with Crippen LogP contribution in [0.15, 0.2) is 46.9 Å². The van der Waals surface area contributed by atoms with Crippen molar-refractivity contribution < 1.29 is 18.0 Å². The number of nitroso groups, excluding NO2 is 1. The van der Waals surface area contributed by atoms with Crippen molar-refractivity contribution in [2.24, 2.45) is 5.18 Å². The van der Waals surface area contributed by atoms with Crippen molar-refractivity contribution in [3.8, 4) is 0 Å². The molecule has 1 atom stereocenters. The molecule has 0 bridgehead atoms. The summed E-state index contributed by atoms with van der Waals surface area (Å²) in [7, 11) is 0. The largest absolute Gasteiger partial charge is 0.416 e. The van der Waals surface area contributed by atoms with Gasteiger partial charge in [0.05, 0.1) is 11.3 Å². The summed E-state index contributed by atoms with van der Waals surface area (Å²) in [5, 5.41) is 3.05. The lowest BCUT2D eigenvalue weighted by atomic mass is 10.00. The molecule has 0 saturated heterocycles. The normalized spacial score (nSPS) is 12.7. The molecule has 0 spiro atoms. The number of hydrogen-bond acceptors (Lipinski definition) is 6. The Morgan fingerprint density at radius 3 is 2.65 bits per heavy atom. The van der Waals surface area contributed by atoms with Crippen LogP contribution >= 0.6 is 11.8 Å². The fraction of sp³-hybridized carbons (Fsp3) is 0.214. The summed E-state index contributed by atoms with van der Waals surface area (Å²) in [6.07, 6.45) is -1.52. The van der Waals surface area contributed by atoms with Crippen LogP contribution in [0.3, 0.4) is 0 Å². The first-order valence-corrected chi connectivity index (χ1v) is 7.50. The van der Waals surface area contributed by atoms with Gasteiger partial charge in [0.15, 0.2) is 17.0 Å². The molecular weight excluding hydrogens is 331 g/mol. The number of ketones is 1. The van der Waals surface area contributed by atoms with Crippen molar-refractivity contribution >= 4 is 17.5 Å². The quantitative estimate of drug-likeness (QED) is 0.357. The lowest BCUT2D eigenvalue weighted by molar-refractivity contribution is -0.137. The van der Waals surface area contributed by atoms with Gasteiger partial charge in [0.25, 0.3) is 0 Å². The highest BCUT2D eigenvalue weighted by atomic mass is 32.2. The van der Waals surface area contributed by atoms with Crippen LogP contribution in [-0.2, 0) is 6.18 Å². The molecule has 1 heterocycles. The maximum Gasteiger partial charge on any atom is 0.416 e. The Morgan fingerprint density at radius 2 is 2.04 bits per heavy atom. The Morgan fingerprint density at radius 1 is 1.30 bits per heavy atom. The lowest BCUT2D eigenvalue weighted by Crippen LogP contribution is -2.14. The van der Waals surface area contributed by atoms with Gasteiger partial charge in [-0.25, -0.2) is 9.97 Å². The van der Waals surface area contributed by atoms with Gasteiger partial charge in [-0.15, -0.1) is 4.91 Å². The first-order chi connectivity index (χ1) is 10.9. The minimum absolute atomic E-state index is 0.0433. The molecule has 2 rings (SSSR count). The summed E-state index contributed by atoms with van der Waals surface area (Å²) in [5.41, 5.74) is -1.18. The summed E-state index contributed by atoms with van der Waals surface area (Å²) in [6.45, 7) is 0. The van der Waals surface area contributed by atoms with E-state index in [9.17, 15) is 22.9 Å². The fourth-order valence-electron chi connectivity index (χ4n) is 1.85. The molecule has 0 radical (unpaired) electrons. The number of alkyl halides is 3. The molecule has 0 aliphatic rings. The molecule has 9 heteroatoms. The Bertz CT molecular complexity index is 737. The van der Waals surface area contributed by atoms with E-state index in [-0.39, 0.29) is 11.3 Å². The van der Waals surface area contributed by atoms with E-state index in [1.807, 2.05) is 0 Å². The third-order valence-electron chi connectivity index (χ3n) is 2.95. The van der Waals surface area contributed by atoms with Crippen LogP contribution in [0.2, 0.25) is 0 Å². The summed E-state index contributed by atoms with van der Waals surface area (Å²) < 4.78 is 38.1.